The number of rotatable bonds is 6. The molecule has 0 aliphatic carbocycles. The number of ether oxygens (including phenoxy) is 3. The van der Waals surface area contributed by atoms with Crippen molar-refractivity contribution in [3.63, 3.8) is 0 Å². The van der Waals surface area contributed by atoms with Gasteiger partial charge in [0.2, 0.25) is 11.7 Å². The van der Waals surface area contributed by atoms with E-state index < -0.39 is 0 Å². The standard InChI is InChI=1S/C19H22N2O4S/c1-5-18(22)21-14(17-7-6-8-26-17)11-13(20-21)12-9-15(23-2)19(25-4)16(10-12)24-3/h6-10,14H,5,11H2,1-4H3. The molecule has 0 bridgehead atoms. The van der Waals surface area contributed by atoms with E-state index in [1.165, 1.54) is 0 Å². The normalized spacial score (nSPS) is 16.4. The lowest BCUT2D eigenvalue weighted by molar-refractivity contribution is -0.132. The van der Waals surface area contributed by atoms with Crippen LogP contribution in [0.3, 0.4) is 0 Å². The zero-order valence-corrected chi connectivity index (χ0v) is 16.1. The maximum absolute atomic E-state index is 12.4. The average Bonchev–Trinajstić information content (AvgIpc) is 3.35. The van der Waals surface area contributed by atoms with E-state index in [0.717, 1.165) is 16.2 Å². The molecule has 6 nitrogen and oxygen atoms in total. The number of nitrogens with zero attached hydrogens (tertiary/aromatic N) is 2. The van der Waals surface area contributed by atoms with Gasteiger partial charge < -0.3 is 14.2 Å². The first-order valence-electron chi connectivity index (χ1n) is 8.36. The number of hydrazone groups is 1. The van der Waals surface area contributed by atoms with Crippen molar-refractivity contribution in [2.45, 2.75) is 25.8 Å². The highest BCUT2D eigenvalue weighted by Crippen LogP contribution is 2.41. The van der Waals surface area contributed by atoms with E-state index in [4.69, 9.17) is 14.2 Å². The molecule has 1 aromatic heterocycles. The minimum Gasteiger partial charge on any atom is -0.493 e. The van der Waals surface area contributed by atoms with Gasteiger partial charge in [0.05, 0.1) is 33.1 Å². The van der Waals surface area contributed by atoms with Crippen molar-refractivity contribution < 1.29 is 19.0 Å². The molecule has 138 valence electrons. The monoisotopic (exact) mass is 374 g/mol. The van der Waals surface area contributed by atoms with E-state index in [1.54, 1.807) is 37.7 Å². The third-order valence-corrected chi connectivity index (χ3v) is 5.31. The van der Waals surface area contributed by atoms with Gasteiger partial charge in [-0.2, -0.15) is 5.10 Å². The zero-order chi connectivity index (χ0) is 18.7. The molecular weight excluding hydrogens is 352 g/mol. The van der Waals surface area contributed by atoms with E-state index in [0.29, 0.717) is 30.1 Å². The summed E-state index contributed by atoms with van der Waals surface area (Å²) in [7, 11) is 4.74. The third-order valence-electron chi connectivity index (χ3n) is 4.34. The molecule has 26 heavy (non-hydrogen) atoms. The van der Waals surface area contributed by atoms with E-state index in [1.807, 2.05) is 36.6 Å². The van der Waals surface area contributed by atoms with Crippen LogP contribution in [0.5, 0.6) is 17.2 Å². The maximum atomic E-state index is 12.4. The minimum atomic E-state index is -0.0726. The van der Waals surface area contributed by atoms with Gasteiger partial charge in [-0.3, -0.25) is 4.79 Å². The van der Waals surface area contributed by atoms with Crippen LogP contribution in [0.1, 0.15) is 36.2 Å². The number of carbonyl (C=O) groups is 1. The summed E-state index contributed by atoms with van der Waals surface area (Å²) in [6.45, 7) is 1.85. The van der Waals surface area contributed by atoms with Crippen molar-refractivity contribution in [2.24, 2.45) is 5.10 Å². The number of carbonyl (C=O) groups excluding carboxylic acids is 1. The van der Waals surface area contributed by atoms with Gasteiger partial charge >= 0.3 is 0 Å². The second kappa shape index (κ2) is 7.78. The molecule has 1 unspecified atom stereocenters. The van der Waals surface area contributed by atoms with Crippen LogP contribution in [0.2, 0.25) is 0 Å². The number of methoxy groups -OCH3 is 3. The second-order valence-electron chi connectivity index (χ2n) is 5.79. The fraction of sp³-hybridized carbons (Fsp3) is 0.368. The summed E-state index contributed by atoms with van der Waals surface area (Å²) >= 11 is 1.63. The maximum Gasteiger partial charge on any atom is 0.243 e. The first kappa shape index (κ1) is 18.3. The largest absolute Gasteiger partial charge is 0.493 e. The molecule has 1 aromatic carbocycles. The van der Waals surface area contributed by atoms with Crippen LogP contribution < -0.4 is 14.2 Å². The topological polar surface area (TPSA) is 60.4 Å². The van der Waals surface area contributed by atoms with Crippen molar-refractivity contribution in [1.82, 2.24) is 5.01 Å². The molecule has 0 radical (unpaired) electrons. The van der Waals surface area contributed by atoms with E-state index >= 15 is 0 Å². The van der Waals surface area contributed by atoms with Gasteiger partial charge in [-0.05, 0) is 23.6 Å². The number of benzene rings is 1. The van der Waals surface area contributed by atoms with Crippen LogP contribution in [-0.2, 0) is 4.79 Å². The van der Waals surface area contributed by atoms with Crippen molar-refractivity contribution in [1.29, 1.82) is 0 Å². The van der Waals surface area contributed by atoms with Crippen LogP contribution in [0.15, 0.2) is 34.7 Å². The van der Waals surface area contributed by atoms with Gasteiger partial charge in [0.25, 0.3) is 0 Å². The summed E-state index contributed by atoms with van der Waals surface area (Å²) in [5.74, 6) is 1.68. The second-order valence-corrected chi connectivity index (χ2v) is 6.77. The molecule has 7 heteroatoms. The minimum absolute atomic E-state index is 0.00541. The predicted molar refractivity (Wildman–Crippen MR) is 101 cm³/mol. The third kappa shape index (κ3) is 3.26. The Hall–Kier alpha value is -2.54. The van der Waals surface area contributed by atoms with Crippen LogP contribution in [0.25, 0.3) is 0 Å². The summed E-state index contributed by atoms with van der Waals surface area (Å²) in [6, 6.07) is 7.69. The number of thiophene rings is 1. The Balaban J connectivity index is 2.02. The predicted octanol–water partition coefficient (Wildman–Crippen LogP) is 3.86. The molecule has 1 atom stereocenters. The van der Waals surface area contributed by atoms with Crippen molar-refractivity contribution in [3.8, 4) is 17.2 Å². The number of amides is 1. The molecule has 1 aliphatic rings. The lowest BCUT2D eigenvalue weighted by atomic mass is 10.0. The van der Waals surface area contributed by atoms with E-state index in [2.05, 4.69) is 5.10 Å². The molecule has 0 fully saturated rings. The Bertz CT molecular complexity index is 792. The van der Waals surface area contributed by atoms with Gasteiger partial charge in [0.1, 0.15) is 0 Å². The smallest absolute Gasteiger partial charge is 0.243 e. The summed E-state index contributed by atoms with van der Waals surface area (Å²) in [5.41, 5.74) is 1.68. The first-order chi connectivity index (χ1) is 12.6. The van der Waals surface area contributed by atoms with E-state index in [-0.39, 0.29) is 11.9 Å². The van der Waals surface area contributed by atoms with Crippen LogP contribution in [0, 0.1) is 0 Å². The summed E-state index contributed by atoms with van der Waals surface area (Å²) in [4.78, 5) is 13.5. The van der Waals surface area contributed by atoms with Crippen LogP contribution >= 0.6 is 11.3 Å². The van der Waals surface area contributed by atoms with Gasteiger partial charge in [-0.1, -0.05) is 13.0 Å². The van der Waals surface area contributed by atoms with Crippen LogP contribution in [-0.4, -0.2) is 38.0 Å². The highest BCUT2D eigenvalue weighted by atomic mass is 32.1. The molecule has 1 amide bonds. The Labute approximate surface area is 157 Å². The van der Waals surface area contributed by atoms with Gasteiger partial charge in [-0.15, -0.1) is 11.3 Å². The summed E-state index contributed by atoms with van der Waals surface area (Å²) < 4.78 is 16.2. The molecule has 0 spiro atoms. The molecule has 3 rings (SSSR count). The van der Waals surface area contributed by atoms with Gasteiger partial charge in [-0.25, -0.2) is 5.01 Å². The SMILES string of the molecule is CCC(=O)N1N=C(c2cc(OC)c(OC)c(OC)c2)CC1c1cccs1. The average molecular weight is 374 g/mol. The molecule has 0 saturated carbocycles. The van der Waals surface area contributed by atoms with Crippen molar-refractivity contribution in [2.75, 3.05) is 21.3 Å². The Kier molecular flexibility index (Phi) is 5.46. The molecular formula is C19H22N2O4S. The molecule has 1 aliphatic heterocycles. The molecule has 2 heterocycles. The summed E-state index contributed by atoms with van der Waals surface area (Å²) in [6.07, 6.45) is 1.05. The Morgan fingerprint density at radius 3 is 2.42 bits per heavy atom. The first-order valence-corrected chi connectivity index (χ1v) is 9.24. The fourth-order valence-corrected chi connectivity index (χ4v) is 3.84. The van der Waals surface area contributed by atoms with Crippen molar-refractivity contribution >= 4 is 23.0 Å². The number of hydrogen-bond acceptors (Lipinski definition) is 6. The molecule has 0 N–H and O–H groups in total. The van der Waals surface area contributed by atoms with E-state index in [9.17, 15) is 4.79 Å². The van der Waals surface area contributed by atoms with Crippen LogP contribution in [0.4, 0.5) is 0 Å². The molecule has 0 saturated heterocycles. The lowest BCUT2D eigenvalue weighted by Gasteiger charge is -2.19. The number of hydrogen-bond donors (Lipinski definition) is 0. The quantitative estimate of drug-likeness (QED) is 0.770. The molecule has 2 aromatic rings. The Morgan fingerprint density at radius 2 is 1.92 bits per heavy atom. The highest BCUT2D eigenvalue weighted by Gasteiger charge is 2.33. The highest BCUT2D eigenvalue weighted by molar-refractivity contribution is 7.10. The summed E-state index contributed by atoms with van der Waals surface area (Å²) in [5, 5.41) is 8.24. The van der Waals surface area contributed by atoms with Gasteiger partial charge in [0.15, 0.2) is 11.5 Å². The zero-order valence-electron chi connectivity index (χ0n) is 15.3. The van der Waals surface area contributed by atoms with Crippen molar-refractivity contribution in [3.05, 3.63) is 40.1 Å². The lowest BCUT2D eigenvalue weighted by Crippen LogP contribution is -2.25. The Morgan fingerprint density at radius 1 is 1.23 bits per heavy atom. The van der Waals surface area contributed by atoms with Gasteiger partial charge in [0, 0.05) is 23.3 Å². The fourth-order valence-electron chi connectivity index (χ4n) is 3.03.